The number of hydrogen-bond acceptors (Lipinski definition) is 5. The molecule has 1 saturated heterocycles. The number of oxazole rings is 1. The molecule has 0 bridgehead atoms. The van der Waals surface area contributed by atoms with E-state index in [9.17, 15) is 4.79 Å². The Morgan fingerprint density at radius 2 is 2.26 bits per heavy atom. The van der Waals surface area contributed by atoms with Gasteiger partial charge in [0.25, 0.3) is 6.01 Å². The summed E-state index contributed by atoms with van der Waals surface area (Å²) in [4.78, 5) is 17.7. The highest BCUT2D eigenvalue weighted by Gasteiger charge is 2.30. The zero-order chi connectivity index (χ0) is 13.4. The van der Waals surface area contributed by atoms with Crippen LogP contribution in [0.15, 0.2) is 22.6 Å². The van der Waals surface area contributed by atoms with Gasteiger partial charge in [-0.2, -0.15) is 4.98 Å². The van der Waals surface area contributed by atoms with Crippen LogP contribution in [0, 0.1) is 0 Å². The summed E-state index contributed by atoms with van der Waals surface area (Å²) in [6, 6.07) is 5.48. The van der Waals surface area contributed by atoms with E-state index in [0.29, 0.717) is 22.8 Å². The molecule has 19 heavy (non-hydrogen) atoms. The summed E-state index contributed by atoms with van der Waals surface area (Å²) in [7, 11) is 0. The maximum Gasteiger partial charge on any atom is 0.299 e. The van der Waals surface area contributed by atoms with E-state index in [0.717, 1.165) is 25.8 Å². The highest BCUT2D eigenvalue weighted by Crippen LogP contribution is 2.29. The lowest BCUT2D eigenvalue weighted by molar-refractivity contribution is -0.119. The fraction of sp³-hybridized carbons (Fsp3) is 0.385. The van der Waals surface area contributed by atoms with E-state index >= 15 is 0 Å². The summed E-state index contributed by atoms with van der Waals surface area (Å²) in [6.07, 6.45) is 2.73. The largest absolute Gasteiger partial charge is 0.423 e. The number of nitrogen functional groups attached to an aromatic ring is 1. The Hall–Kier alpha value is -2.24. The van der Waals surface area contributed by atoms with Gasteiger partial charge in [-0.05, 0) is 31.4 Å². The Bertz CT molecular complexity index is 622. The van der Waals surface area contributed by atoms with E-state index in [1.807, 2.05) is 17.0 Å². The first kappa shape index (κ1) is 11.8. The third-order valence-electron chi connectivity index (χ3n) is 3.52. The molecule has 2 heterocycles. The van der Waals surface area contributed by atoms with Crippen molar-refractivity contribution in [1.82, 2.24) is 4.98 Å². The number of piperidine rings is 1. The van der Waals surface area contributed by atoms with Crippen LogP contribution in [0.4, 0.5) is 11.7 Å². The number of para-hydroxylation sites is 1. The number of hydrogen-bond donors (Lipinski definition) is 2. The maximum atomic E-state index is 11.5. The van der Waals surface area contributed by atoms with Crippen LogP contribution in [0.25, 0.3) is 11.1 Å². The van der Waals surface area contributed by atoms with Gasteiger partial charge in [0.05, 0.1) is 5.69 Å². The molecule has 0 radical (unpaired) electrons. The zero-order valence-electron chi connectivity index (χ0n) is 10.5. The van der Waals surface area contributed by atoms with Crippen molar-refractivity contribution < 1.29 is 9.21 Å². The van der Waals surface area contributed by atoms with E-state index in [-0.39, 0.29) is 11.9 Å². The SMILES string of the molecule is NC(=O)C1CCCCN1c1nc2c(N)cccc2o1. The number of nitrogens with two attached hydrogens (primary N) is 2. The van der Waals surface area contributed by atoms with Crippen molar-refractivity contribution in [2.75, 3.05) is 17.2 Å². The number of primary amides is 1. The van der Waals surface area contributed by atoms with Crippen molar-refractivity contribution in [1.29, 1.82) is 0 Å². The van der Waals surface area contributed by atoms with E-state index in [2.05, 4.69) is 4.98 Å². The number of rotatable bonds is 2. The Morgan fingerprint density at radius 1 is 1.42 bits per heavy atom. The summed E-state index contributed by atoms with van der Waals surface area (Å²) in [5.41, 5.74) is 13.1. The van der Waals surface area contributed by atoms with E-state index in [4.69, 9.17) is 15.9 Å². The first-order chi connectivity index (χ1) is 9.16. The molecular formula is C13H16N4O2. The number of carbonyl (C=O) groups excluding carboxylic acids is 1. The number of carbonyl (C=O) groups is 1. The van der Waals surface area contributed by atoms with Crippen LogP contribution in [0.2, 0.25) is 0 Å². The Labute approximate surface area is 110 Å². The molecule has 0 saturated carbocycles. The quantitative estimate of drug-likeness (QED) is 0.792. The minimum atomic E-state index is -0.344. The second-order valence-electron chi connectivity index (χ2n) is 4.80. The van der Waals surface area contributed by atoms with Crippen molar-refractivity contribution in [2.45, 2.75) is 25.3 Å². The number of fused-ring (bicyclic) bond motifs is 1. The number of aromatic nitrogens is 1. The molecule has 1 atom stereocenters. The fourth-order valence-corrected chi connectivity index (χ4v) is 2.54. The normalized spacial score (nSPS) is 19.8. The number of amides is 1. The van der Waals surface area contributed by atoms with Crippen LogP contribution in [-0.4, -0.2) is 23.5 Å². The van der Waals surface area contributed by atoms with Crippen molar-refractivity contribution in [2.24, 2.45) is 5.73 Å². The molecule has 3 rings (SSSR count). The summed E-state index contributed by atoms with van der Waals surface area (Å²) in [5, 5.41) is 0. The second-order valence-corrected chi connectivity index (χ2v) is 4.80. The lowest BCUT2D eigenvalue weighted by atomic mass is 10.0. The minimum Gasteiger partial charge on any atom is -0.423 e. The molecule has 1 aromatic carbocycles. The van der Waals surface area contributed by atoms with Gasteiger partial charge in [-0.25, -0.2) is 0 Å². The third kappa shape index (κ3) is 1.99. The van der Waals surface area contributed by atoms with Gasteiger partial charge in [-0.3, -0.25) is 4.79 Å². The van der Waals surface area contributed by atoms with Gasteiger partial charge in [0.1, 0.15) is 11.6 Å². The molecule has 1 aliphatic heterocycles. The topological polar surface area (TPSA) is 98.4 Å². The van der Waals surface area contributed by atoms with E-state index < -0.39 is 0 Å². The number of nitrogens with zero attached hydrogens (tertiary/aromatic N) is 2. The molecule has 1 aromatic heterocycles. The predicted octanol–water partition coefficient (Wildman–Crippen LogP) is 1.25. The van der Waals surface area contributed by atoms with Gasteiger partial charge in [0, 0.05) is 6.54 Å². The number of anilines is 2. The van der Waals surface area contributed by atoms with Crippen molar-refractivity contribution in [3.8, 4) is 0 Å². The molecule has 1 unspecified atom stereocenters. The monoisotopic (exact) mass is 260 g/mol. The third-order valence-corrected chi connectivity index (χ3v) is 3.52. The minimum absolute atomic E-state index is 0.338. The van der Waals surface area contributed by atoms with Crippen LogP contribution in [-0.2, 0) is 4.79 Å². The van der Waals surface area contributed by atoms with Gasteiger partial charge in [0.15, 0.2) is 5.58 Å². The van der Waals surface area contributed by atoms with Crippen molar-refractivity contribution >= 4 is 28.7 Å². The van der Waals surface area contributed by atoms with E-state index in [1.165, 1.54) is 0 Å². The van der Waals surface area contributed by atoms with Crippen molar-refractivity contribution in [3.63, 3.8) is 0 Å². The molecule has 6 heteroatoms. The fourth-order valence-electron chi connectivity index (χ4n) is 2.54. The number of benzene rings is 1. The smallest absolute Gasteiger partial charge is 0.299 e. The van der Waals surface area contributed by atoms with Crippen molar-refractivity contribution in [3.05, 3.63) is 18.2 Å². The first-order valence-corrected chi connectivity index (χ1v) is 6.38. The molecule has 0 aliphatic carbocycles. The average molecular weight is 260 g/mol. The van der Waals surface area contributed by atoms with Gasteiger partial charge in [0.2, 0.25) is 5.91 Å². The van der Waals surface area contributed by atoms with Crippen LogP contribution < -0.4 is 16.4 Å². The first-order valence-electron chi connectivity index (χ1n) is 6.38. The Balaban J connectivity index is 2.02. The molecule has 100 valence electrons. The van der Waals surface area contributed by atoms with Gasteiger partial charge in [-0.15, -0.1) is 0 Å². The summed E-state index contributed by atoms with van der Waals surface area (Å²) in [5.74, 6) is -0.338. The second kappa shape index (κ2) is 4.46. The lowest BCUT2D eigenvalue weighted by Crippen LogP contribution is -2.48. The maximum absolute atomic E-state index is 11.5. The zero-order valence-corrected chi connectivity index (χ0v) is 10.5. The lowest BCUT2D eigenvalue weighted by Gasteiger charge is -2.32. The predicted molar refractivity (Wildman–Crippen MR) is 72.6 cm³/mol. The molecule has 1 aliphatic rings. The Kier molecular flexibility index (Phi) is 2.77. The average Bonchev–Trinajstić information content (AvgIpc) is 2.84. The highest BCUT2D eigenvalue weighted by atomic mass is 16.4. The summed E-state index contributed by atoms with van der Waals surface area (Å²) >= 11 is 0. The van der Waals surface area contributed by atoms with Gasteiger partial charge >= 0.3 is 0 Å². The molecule has 4 N–H and O–H groups in total. The van der Waals surface area contributed by atoms with Crippen LogP contribution in [0.1, 0.15) is 19.3 Å². The molecule has 1 amide bonds. The molecule has 1 fully saturated rings. The molecular weight excluding hydrogens is 244 g/mol. The molecule has 2 aromatic rings. The van der Waals surface area contributed by atoms with Crippen LogP contribution in [0.5, 0.6) is 0 Å². The Morgan fingerprint density at radius 3 is 3.00 bits per heavy atom. The standard InChI is InChI=1S/C13H16N4O2/c14-8-4-3-6-10-11(8)16-13(19-10)17-7-2-1-5-9(17)12(15)18/h3-4,6,9H,1-2,5,7,14H2,(H2,15,18). The van der Waals surface area contributed by atoms with Crippen LogP contribution in [0.3, 0.4) is 0 Å². The van der Waals surface area contributed by atoms with Gasteiger partial charge in [-0.1, -0.05) is 6.07 Å². The molecule has 0 spiro atoms. The van der Waals surface area contributed by atoms with E-state index in [1.54, 1.807) is 6.07 Å². The summed E-state index contributed by atoms with van der Waals surface area (Å²) < 4.78 is 5.70. The highest BCUT2D eigenvalue weighted by molar-refractivity contribution is 5.88. The molecule has 6 nitrogen and oxygen atoms in total. The summed E-state index contributed by atoms with van der Waals surface area (Å²) in [6.45, 7) is 0.723. The van der Waals surface area contributed by atoms with Crippen LogP contribution >= 0.6 is 0 Å². The van der Waals surface area contributed by atoms with Gasteiger partial charge < -0.3 is 20.8 Å².